The molecule has 0 N–H and O–H groups in total. The van der Waals surface area contributed by atoms with E-state index in [9.17, 15) is 9.18 Å². The fraction of sp³-hybridized carbons (Fsp3) is 0.143. The molecule has 0 saturated heterocycles. The van der Waals surface area contributed by atoms with Gasteiger partial charge in [0.15, 0.2) is 0 Å². The Morgan fingerprint density at radius 1 is 1.08 bits per heavy atom. The second-order valence-electron chi connectivity index (χ2n) is 6.24. The van der Waals surface area contributed by atoms with E-state index in [1.807, 2.05) is 49.4 Å². The fourth-order valence-corrected chi connectivity index (χ4v) is 3.08. The highest BCUT2D eigenvalue weighted by molar-refractivity contribution is 6.04. The summed E-state index contributed by atoms with van der Waals surface area (Å²) in [7, 11) is 0. The predicted octanol–water partition coefficient (Wildman–Crippen LogP) is 4.72. The van der Waals surface area contributed by atoms with Crippen LogP contribution in [0.1, 0.15) is 39.9 Å². The number of benzene rings is 2. The minimum atomic E-state index is -0.380. The molecule has 0 spiro atoms. The molecule has 5 heteroatoms. The summed E-state index contributed by atoms with van der Waals surface area (Å²) in [5, 5.41) is 6.01. The number of furan rings is 1. The molecule has 0 bridgehead atoms. The lowest BCUT2D eigenvalue weighted by atomic mass is 10.0. The van der Waals surface area contributed by atoms with Gasteiger partial charge in [0.1, 0.15) is 23.4 Å². The molecule has 1 aliphatic rings. The van der Waals surface area contributed by atoms with Gasteiger partial charge in [-0.05, 0) is 48.9 Å². The summed E-state index contributed by atoms with van der Waals surface area (Å²) in [6, 6.07) is 18.7. The molecule has 26 heavy (non-hydrogen) atoms. The van der Waals surface area contributed by atoms with E-state index < -0.39 is 0 Å². The van der Waals surface area contributed by atoms with Crippen molar-refractivity contribution in [2.24, 2.45) is 5.10 Å². The van der Waals surface area contributed by atoms with Crippen molar-refractivity contribution < 1.29 is 13.6 Å². The van der Waals surface area contributed by atoms with Crippen LogP contribution in [0.2, 0.25) is 0 Å². The van der Waals surface area contributed by atoms with E-state index >= 15 is 0 Å². The third-order valence-electron chi connectivity index (χ3n) is 4.41. The van der Waals surface area contributed by atoms with Crippen LogP contribution < -0.4 is 0 Å². The molecular formula is C21H17FN2O2. The molecule has 0 fully saturated rings. The number of hydrogen-bond acceptors (Lipinski definition) is 3. The molecule has 1 aromatic heterocycles. The van der Waals surface area contributed by atoms with E-state index in [0.29, 0.717) is 17.7 Å². The number of amides is 1. The van der Waals surface area contributed by atoms with E-state index in [1.165, 1.54) is 29.3 Å². The van der Waals surface area contributed by atoms with Gasteiger partial charge in [0, 0.05) is 12.0 Å². The zero-order chi connectivity index (χ0) is 18.1. The predicted molar refractivity (Wildman–Crippen MR) is 96.4 cm³/mol. The highest BCUT2D eigenvalue weighted by Crippen LogP contribution is 2.34. The molecule has 4 nitrogen and oxygen atoms in total. The van der Waals surface area contributed by atoms with Crippen molar-refractivity contribution in [3.8, 4) is 0 Å². The monoisotopic (exact) mass is 348 g/mol. The van der Waals surface area contributed by atoms with E-state index in [1.54, 1.807) is 0 Å². The van der Waals surface area contributed by atoms with Gasteiger partial charge in [-0.15, -0.1) is 0 Å². The molecule has 1 aliphatic heterocycles. The van der Waals surface area contributed by atoms with Gasteiger partial charge < -0.3 is 4.42 Å². The highest BCUT2D eigenvalue weighted by atomic mass is 19.1. The average molecular weight is 348 g/mol. The lowest BCUT2D eigenvalue weighted by molar-refractivity contribution is 0.0692. The van der Waals surface area contributed by atoms with E-state index in [4.69, 9.17) is 4.42 Å². The van der Waals surface area contributed by atoms with Crippen molar-refractivity contribution in [2.45, 2.75) is 19.4 Å². The molecule has 1 amide bonds. The maximum Gasteiger partial charge on any atom is 0.274 e. The summed E-state index contributed by atoms with van der Waals surface area (Å²) in [4.78, 5) is 13.0. The lowest BCUT2D eigenvalue weighted by Crippen LogP contribution is -2.26. The lowest BCUT2D eigenvalue weighted by Gasteiger charge is -2.20. The minimum absolute atomic E-state index is 0.282. The summed E-state index contributed by atoms with van der Waals surface area (Å²) >= 11 is 0. The first kappa shape index (κ1) is 16.3. The number of carbonyl (C=O) groups is 1. The van der Waals surface area contributed by atoms with Crippen LogP contribution in [0.4, 0.5) is 4.39 Å². The summed E-state index contributed by atoms with van der Waals surface area (Å²) in [5.41, 5.74) is 2.17. The molecule has 0 aliphatic carbocycles. The second kappa shape index (κ2) is 6.59. The Bertz CT molecular complexity index is 961. The third-order valence-corrected chi connectivity index (χ3v) is 4.41. The van der Waals surface area contributed by atoms with Crippen molar-refractivity contribution >= 4 is 11.6 Å². The summed E-state index contributed by atoms with van der Waals surface area (Å²) < 4.78 is 18.9. The van der Waals surface area contributed by atoms with Crippen LogP contribution in [-0.2, 0) is 0 Å². The maximum atomic E-state index is 13.2. The van der Waals surface area contributed by atoms with Crippen molar-refractivity contribution in [1.82, 2.24) is 5.01 Å². The van der Waals surface area contributed by atoms with Gasteiger partial charge in [-0.1, -0.05) is 30.3 Å². The van der Waals surface area contributed by atoms with Crippen LogP contribution in [0, 0.1) is 12.7 Å². The Kier molecular flexibility index (Phi) is 4.13. The molecular weight excluding hydrogens is 331 g/mol. The molecule has 2 heterocycles. The maximum absolute atomic E-state index is 13.2. The Labute approximate surface area is 150 Å². The van der Waals surface area contributed by atoms with E-state index in [-0.39, 0.29) is 17.8 Å². The zero-order valence-electron chi connectivity index (χ0n) is 14.2. The molecule has 130 valence electrons. The SMILES string of the molecule is Cc1ccc([C@@H]2CC(c3ccccc3)=NN2C(=O)c2ccc(F)cc2)o1. The molecule has 0 radical (unpaired) electrons. The minimum Gasteiger partial charge on any atom is -0.464 e. The Morgan fingerprint density at radius 3 is 2.46 bits per heavy atom. The van der Waals surface area contributed by atoms with Crippen molar-refractivity contribution in [2.75, 3.05) is 0 Å². The van der Waals surface area contributed by atoms with Gasteiger partial charge in [0.05, 0.1) is 5.71 Å². The van der Waals surface area contributed by atoms with E-state index in [2.05, 4.69) is 5.10 Å². The first-order valence-corrected chi connectivity index (χ1v) is 8.40. The first-order chi connectivity index (χ1) is 12.6. The van der Waals surface area contributed by atoms with Gasteiger partial charge in [-0.25, -0.2) is 9.40 Å². The fourth-order valence-electron chi connectivity index (χ4n) is 3.08. The standard InChI is InChI=1S/C21H17FN2O2/c1-14-7-12-20(26-14)19-13-18(15-5-3-2-4-6-15)23-24(19)21(25)16-8-10-17(22)11-9-16/h2-12,19H,13H2,1H3/t19-/m0/s1. The first-order valence-electron chi connectivity index (χ1n) is 8.40. The number of hydrogen-bond donors (Lipinski definition) is 0. The number of carbonyl (C=O) groups excluding carboxylic acids is 1. The Hall–Kier alpha value is -3.21. The van der Waals surface area contributed by atoms with Gasteiger partial charge in [-0.3, -0.25) is 4.79 Å². The van der Waals surface area contributed by atoms with Gasteiger partial charge in [-0.2, -0.15) is 5.10 Å². The topological polar surface area (TPSA) is 45.8 Å². The molecule has 3 aromatic rings. The number of halogens is 1. The number of rotatable bonds is 3. The van der Waals surface area contributed by atoms with Crippen molar-refractivity contribution in [3.63, 3.8) is 0 Å². The van der Waals surface area contributed by atoms with Crippen LogP contribution in [0.15, 0.2) is 76.2 Å². The van der Waals surface area contributed by atoms with Gasteiger partial charge >= 0.3 is 0 Å². The number of aryl methyl sites for hydroxylation is 1. The van der Waals surface area contributed by atoms with Crippen molar-refractivity contribution in [1.29, 1.82) is 0 Å². The molecule has 2 aromatic carbocycles. The third kappa shape index (κ3) is 3.04. The quantitative estimate of drug-likeness (QED) is 0.687. The van der Waals surface area contributed by atoms with E-state index in [0.717, 1.165) is 17.0 Å². The van der Waals surface area contributed by atoms with Crippen LogP contribution in [-0.4, -0.2) is 16.6 Å². The second-order valence-corrected chi connectivity index (χ2v) is 6.24. The highest BCUT2D eigenvalue weighted by Gasteiger charge is 2.35. The average Bonchev–Trinajstić information content (AvgIpc) is 3.29. The van der Waals surface area contributed by atoms with Crippen LogP contribution in [0.5, 0.6) is 0 Å². The number of hydrazone groups is 1. The molecule has 0 unspecified atom stereocenters. The molecule has 1 atom stereocenters. The summed E-state index contributed by atoms with van der Waals surface area (Å²) in [6.45, 7) is 1.86. The largest absolute Gasteiger partial charge is 0.464 e. The number of nitrogens with zero attached hydrogens (tertiary/aromatic N) is 2. The molecule has 4 rings (SSSR count). The van der Waals surface area contributed by atoms with Crippen LogP contribution in [0.3, 0.4) is 0 Å². The Balaban J connectivity index is 1.72. The van der Waals surface area contributed by atoms with Crippen LogP contribution >= 0.6 is 0 Å². The zero-order valence-corrected chi connectivity index (χ0v) is 14.2. The van der Waals surface area contributed by atoms with Gasteiger partial charge in [0.25, 0.3) is 5.91 Å². The van der Waals surface area contributed by atoms with Gasteiger partial charge in [0.2, 0.25) is 0 Å². The Morgan fingerprint density at radius 2 is 1.81 bits per heavy atom. The molecule has 0 saturated carbocycles. The summed E-state index contributed by atoms with van der Waals surface area (Å²) in [6.07, 6.45) is 0.559. The van der Waals surface area contributed by atoms with Crippen LogP contribution in [0.25, 0.3) is 0 Å². The summed E-state index contributed by atoms with van der Waals surface area (Å²) in [5.74, 6) is 0.805. The normalized spacial score (nSPS) is 16.6. The van der Waals surface area contributed by atoms with Crippen molar-refractivity contribution in [3.05, 3.63) is 95.2 Å². The smallest absolute Gasteiger partial charge is 0.274 e.